The lowest BCUT2D eigenvalue weighted by atomic mass is 10.1. The van der Waals surface area contributed by atoms with Crippen molar-refractivity contribution in [2.24, 2.45) is 5.73 Å². The van der Waals surface area contributed by atoms with E-state index in [1.165, 1.54) is 23.0 Å². The summed E-state index contributed by atoms with van der Waals surface area (Å²) in [4.78, 5) is 11.3. The molecule has 0 aliphatic rings. The lowest BCUT2D eigenvalue weighted by Crippen LogP contribution is -2.32. The van der Waals surface area contributed by atoms with Gasteiger partial charge in [0, 0.05) is 0 Å². The van der Waals surface area contributed by atoms with E-state index in [2.05, 4.69) is 3.07 Å². The molecule has 110 valence electrons. The number of aromatic hydroxyl groups is 1. The summed E-state index contributed by atoms with van der Waals surface area (Å²) in [5, 5.41) is 9.20. The molecule has 0 saturated heterocycles. The van der Waals surface area contributed by atoms with Crippen molar-refractivity contribution in [3.05, 3.63) is 54.1 Å². The Morgan fingerprint density at radius 3 is 2.14 bits per heavy atom. The first-order valence-electron chi connectivity index (χ1n) is 6.22. The van der Waals surface area contributed by atoms with E-state index in [-0.39, 0.29) is 5.75 Å². The minimum Gasteiger partial charge on any atom is -0.508 e. The molecule has 0 amide bonds. The third-order valence-corrected chi connectivity index (χ3v) is 3.26. The maximum atomic E-state index is 11.3. The number of benzene rings is 2. The fourth-order valence-electron chi connectivity index (χ4n) is 1.74. The highest BCUT2D eigenvalue weighted by Crippen LogP contribution is 2.23. The Kier molecular flexibility index (Phi) is 5.40. The highest BCUT2D eigenvalue weighted by Gasteiger charge is 2.14. The molecule has 3 N–H and O–H groups in total. The number of rotatable bonds is 5. The Morgan fingerprint density at radius 2 is 1.62 bits per heavy atom. The Labute approximate surface area is 136 Å². The van der Waals surface area contributed by atoms with Gasteiger partial charge in [0.2, 0.25) is 0 Å². The van der Waals surface area contributed by atoms with Crippen LogP contribution >= 0.6 is 23.0 Å². The van der Waals surface area contributed by atoms with Crippen LogP contribution in [0.4, 0.5) is 0 Å². The van der Waals surface area contributed by atoms with E-state index in [4.69, 9.17) is 10.5 Å². The summed E-state index contributed by atoms with van der Waals surface area (Å²) < 4.78 is 10.2. The number of carbonyl (C=O) groups excluding carboxylic acids is 1. The van der Waals surface area contributed by atoms with Crippen molar-refractivity contribution in [2.45, 2.75) is 12.5 Å². The van der Waals surface area contributed by atoms with Crippen molar-refractivity contribution < 1.29 is 17.7 Å². The second-order valence-corrected chi connectivity index (χ2v) is 4.89. The number of nitrogens with two attached hydrogens (primary N) is 1. The quantitative estimate of drug-likeness (QED) is 0.756. The van der Waals surface area contributed by atoms with Crippen molar-refractivity contribution >= 4 is 29.0 Å². The topological polar surface area (TPSA) is 81.8 Å². The lowest BCUT2D eigenvalue weighted by Gasteiger charge is -2.09. The highest BCUT2D eigenvalue weighted by molar-refractivity contribution is 14.1. The van der Waals surface area contributed by atoms with Gasteiger partial charge in [-0.25, -0.2) is 4.79 Å². The van der Waals surface area contributed by atoms with Crippen molar-refractivity contribution in [2.75, 3.05) is 0 Å². The van der Waals surface area contributed by atoms with Gasteiger partial charge in [0.1, 0.15) is 23.3 Å². The predicted octanol–water partition coefficient (Wildman–Crippen LogP) is 2.95. The zero-order valence-corrected chi connectivity index (χ0v) is 13.2. The summed E-state index contributed by atoms with van der Waals surface area (Å²) in [5.41, 5.74) is 6.62. The molecule has 0 saturated carbocycles. The standard InChI is InChI=1S/C15H14INO4/c16-21-15(19)14(17)9-10-1-5-12(6-2-10)20-13-7-3-11(18)4-8-13/h1-8,14,18H,9,17H2/t14-/m0/s1. The van der Waals surface area contributed by atoms with Gasteiger partial charge in [0.15, 0.2) is 23.0 Å². The molecule has 6 heteroatoms. The average Bonchev–Trinajstić information content (AvgIpc) is 2.50. The number of phenols is 1. The summed E-state index contributed by atoms with van der Waals surface area (Å²) in [6, 6.07) is 13.1. The van der Waals surface area contributed by atoms with Crippen LogP contribution in [-0.2, 0) is 14.3 Å². The van der Waals surface area contributed by atoms with E-state index in [0.29, 0.717) is 17.9 Å². The number of ether oxygens (including phenoxy) is 1. The maximum absolute atomic E-state index is 11.3. The van der Waals surface area contributed by atoms with Crippen molar-refractivity contribution in [3.8, 4) is 17.2 Å². The average molecular weight is 399 g/mol. The van der Waals surface area contributed by atoms with E-state index >= 15 is 0 Å². The SMILES string of the molecule is N[C@@H](Cc1ccc(Oc2ccc(O)cc2)cc1)C(=O)OI. The summed E-state index contributed by atoms with van der Waals surface area (Å²) >= 11 is 1.52. The van der Waals surface area contributed by atoms with E-state index in [1.807, 2.05) is 12.1 Å². The second kappa shape index (κ2) is 7.28. The van der Waals surface area contributed by atoms with E-state index < -0.39 is 12.0 Å². The largest absolute Gasteiger partial charge is 0.508 e. The number of carbonyl (C=O) groups is 1. The summed E-state index contributed by atoms with van der Waals surface area (Å²) in [6.07, 6.45) is 0.404. The highest BCUT2D eigenvalue weighted by atomic mass is 127. The molecule has 5 nitrogen and oxygen atoms in total. The molecule has 0 aromatic heterocycles. The van der Waals surface area contributed by atoms with E-state index in [0.717, 1.165) is 5.56 Å². The van der Waals surface area contributed by atoms with Crippen LogP contribution in [0.2, 0.25) is 0 Å². The van der Waals surface area contributed by atoms with Gasteiger partial charge in [0.25, 0.3) is 0 Å². The molecular formula is C15H14INO4. The summed E-state index contributed by atoms with van der Waals surface area (Å²) in [7, 11) is 0. The van der Waals surface area contributed by atoms with E-state index in [9.17, 15) is 9.90 Å². The molecule has 2 rings (SSSR count). The molecule has 1 atom stereocenters. The molecule has 2 aromatic rings. The normalized spacial score (nSPS) is 11.7. The Balaban J connectivity index is 1.98. The minimum absolute atomic E-state index is 0.189. The molecule has 0 bridgehead atoms. The fraction of sp³-hybridized carbons (Fsp3) is 0.133. The molecule has 0 heterocycles. The molecule has 21 heavy (non-hydrogen) atoms. The van der Waals surface area contributed by atoms with Crippen molar-refractivity contribution in [1.29, 1.82) is 0 Å². The monoisotopic (exact) mass is 399 g/mol. The number of hydrogen-bond donors (Lipinski definition) is 2. The fourth-order valence-corrected chi connectivity index (χ4v) is 2.06. The maximum Gasteiger partial charge on any atom is 0.332 e. The number of halogens is 1. The molecular weight excluding hydrogens is 385 g/mol. The first-order chi connectivity index (χ1) is 10.1. The van der Waals surface area contributed by atoms with E-state index in [1.54, 1.807) is 36.4 Å². The van der Waals surface area contributed by atoms with Crippen LogP contribution in [0.1, 0.15) is 5.56 Å². The van der Waals surface area contributed by atoms with Gasteiger partial charge in [-0.15, -0.1) is 0 Å². The molecule has 0 spiro atoms. The summed E-state index contributed by atoms with van der Waals surface area (Å²) in [5.74, 6) is 1.04. The number of phenolic OH excluding ortho intramolecular Hbond substituents is 1. The van der Waals surface area contributed by atoms with Gasteiger partial charge in [0.05, 0.1) is 0 Å². The van der Waals surface area contributed by atoms with Crippen LogP contribution < -0.4 is 10.5 Å². The smallest absolute Gasteiger partial charge is 0.332 e. The van der Waals surface area contributed by atoms with Gasteiger partial charge in [-0.2, -0.15) is 0 Å². The molecule has 0 aliphatic heterocycles. The third-order valence-electron chi connectivity index (χ3n) is 2.83. The molecule has 0 aliphatic carbocycles. The van der Waals surface area contributed by atoms with Gasteiger partial charge in [-0.3, -0.25) is 0 Å². The van der Waals surface area contributed by atoms with Crippen molar-refractivity contribution in [1.82, 2.24) is 0 Å². The first kappa shape index (κ1) is 15.6. The number of hydrogen-bond acceptors (Lipinski definition) is 5. The van der Waals surface area contributed by atoms with Crippen LogP contribution in [0, 0.1) is 0 Å². The van der Waals surface area contributed by atoms with Crippen molar-refractivity contribution in [3.63, 3.8) is 0 Å². The third kappa shape index (κ3) is 4.61. The molecule has 0 fully saturated rings. The summed E-state index contributed by atoms with van der Waals surface area (Å²) in [6.45, 7) is 0. The van der Waals surface area contributed by atoms with Crippen LogP contribution in [-0.4, -0.2) is 17.1 Å². The van der Waals surface area contributed by atoms with Crippen LogP contribution in [0.5, 0.6) is 17.2 Å². The first-order valence-corrected chi connectivity index (χ1v) is 7.10. The lowest BCUT2D eigenvalue weighted by molar-refractivity contribution is -0.132. The van der Waals surface area contributed by atoms with Gasteiger partial charge >= 0.3 is 5.97 Å². The van der Waals surface area contributed by atoms with Crippen LogP contribution in [0.25, 0.3) is 0 Å². The Bertz CT molecular complexity index is 598. The minimum atomic E-state index is -0.675. The Morgan fingerprint density at radius 1 is 1.10 bits per heavy atom. The van der Waals surface area contributed by atoms with Gasteiger partial charge in [-0.05, 0) is 48.4 Å². The zero-order valence-electron chi connectivity index (χ0n) is 11.0. The van der Waals surface area contributed by atoms with Crippen LogP contribution in [0.3, 0.4) is 0 Å². The van der Waals surface area contributed by atoms with Gasteiger partial charge < -0.3 is 18.6 Å². The predicted molar refractivity (Wildman–Crippen MR) is 86.4 cm³/mol. The second-order valence-electron chi connectivity index (χ2n) is 4.45. The van der Waals surface area contributed by atoms with Gasteiger partial charge in [-0.1, -0.05) is 12.1 Å². The molecule has 2 aromatic carbocycles. The zero-order chi connectivity index (χ0) is 15.2. The Hall–Kier alpha value is -1.80. The molecule has 0 unspecified atom stereocenters. The van der Waals surface area contributed by atoms with Crippen LogP contribution in [0.15, 0.2) is 48.5 Å². The molecule has 0 radical (unpaired) electrons.